The molecule has 0 fully saturated rings. The molecule has 2 nitrogen and oxygen atoms in total. The Morgan fingerprint density at radius 2 is 1.94 bits per heavy atom. The van der Waals surface area contributed by atoms with Gasteiger partial charge in [-0.05, 0) is 38.7 Å². The van der Waals surface area contributed by atoms with E-state index in [1.165, 1.54) is 5.57 Å². The van der Waals surface area contributed by atoms with Gasteiger partial charge >= 0.3 is 0 Å². The number of phenolic OH excluding ortho intramolecular Hbond substituents is 2. The van der Waals surface area contributed by atoms with Crippen molar-refractivity contribution >= 4 is 0 Å². The van der Waals surface area contributed by atoms with Gasteiger partial charge in [0, 0.05) is 17.5 Å². The van der Waals surface area contributed by atoms with Crippen molar-refractivity contribution in [3.63, 3.8) is 0 Å². The average Bonchev–Trinajstić information content (AvgIpc) is 2.26. The largest absolute Gasteiger partial charge is 0.507 e. The molecule has 17 heavy (non-hydrogen) atoms. The van der Waals surface area contributed by atoms with Crippen molar-refractivity contribution in [2.24, 2.45) is 0 Å². The monoisotopic (exact) mass is 236 g/mol. The van der Waals surface area contributed by atoms with E-state index in [0.29, 0.717) is 11.1 Å². The number of hydrogen-bond acceptors (Lipinski definition) is 2. The summed E-state index contributed by atoms with van der Waals surface area (Å²) in [5, 5.41) is 19.2. The van der Waals surface area contributed by atoms with Crippen LogP contribution in [0.5, 0.6) is 11.5 Å². The van der Waals surface area contributed by atoms with Crippen LogP contribution in [0, 0.1) is 12.7 Å². The van der Waals surface area contributed by atoms with Crippen LogP contribution in [0.15, 0.2) is 17.7 Å². The lowest BCUT2D eigenvalue weighted by atomic mass is 9.83. The third kappa shape index (κ3) is 2.14. The van der Waals surface area contributed by atoms with Crippen molar-refractivity contribution in [3.05, 3.63) is 34.7 Å². The molecule has 0 heterocycles. The minimum atomic E-state index is -0.630. The fourth-order valence-corrected chi connectivity index (χ4v) is 2.58. The molecule has 0 aromatic heterocycles. The standard InChI is InChI=1S/C14H17FO2/c1-8-4-3-5-10(6-8)13-9(2)14(15)12(17)7-11(13)16/h6-7,10,16-17H,3-5H2,1-2H3. The molecule has 0 aliphatic heterocycles. The van der Waals surface area contributed by atoms with Crippen LogP contribution in [0.3, 0.4) is 0 Å². The van der Waals surface area contributed by atoms with Gasteiger partial charge in [-0.15, -0.1) is 0 Å². The topological polar surface area (TPSA) is 40.5 Å². The molecule has 1 aliphatic rings. The van der Waals surface area contributed by atoms with Gasteiger partial charge in [0.15, 0.2) is 11.6 Å². The van der Waals surface area contributed by atoms with Crippen LogP contribution in [0.2, 0.25) is 0 Å². The third-order valence-electron chi connectivity index (χ3n) is 3.45. The molecule has 0 spiro atoms. The Balaban J connectivity index is 2.52. The Morgan fingerprint density at radius 3 is 2.59 bits per heavy atom. The van der Waals surface area contributed by atoms with Gasteiger partial charge in [-0.2, -0.15) is 0 Å². The second kappa shape index (κ2) is 4.40. The number of allylic oxidation sites excluding steroid dienone is 2. The first-order valence-corrected chi connectivity index (χ1v) is 5.89. The molecule has 2 rings (SSSR count). The number of aromatic hydroxyl groups is 2. The van der Waals surface area contributed by atoms with Crippen molar-refractivity contribution in [1.82, 2.24) is 0 Å². The summed E-state index contributed by atoms with van der Waals surface area (Å²) in [6.07, 6.45) is 5.11. The summed E-state index contributed by atoms with van der Waals surface area (Å²) in [6, 6.07) is 1.09. The zero-order valence-corrected chi connectivity index (χ0v) is 10.1. The van der Waals surface area contributed by atoms with Gasteiger partial charge in [0.2, 0.25) is 0 Å². The minimum absolute atomic E-state index is 0.0163. The molecule has 0 saturated carbocycles. The van der Waals surface area contributed by atoms with Crippen LogP contribution in [0.4, 0.5) is 4.39 Å². The summed E-state index contributed by atoms with van der Waals surface area (Å²) in [7, 11) is 0. The van der Waals surface area contributed by atoms with Crippen LogP contribution < -0.4 is 0 Å². The third-order valence-corrected chi connectivity index (χ3v) is 3.45. The molecule has 0 bridgehead atoms. The quantitative estimate of drug-likeness (QED) is 0.729. The molecule has 92 valence electrons. The first-order chi connectivity index (χ1) is 8.00. The Morgan fingerprint density at radius 1 is 1.24 bits per heavy atom. The minimum Gasteiger partial charge on any atom is -0.507 e. The fourth-order valence-electron chi connectivity index (χ4n) is 2.58. The van der Waals surface area contributed by atoms with Gasteiger partial charge in [-0.3, -0.25) is 0 Å². The van der Waals surface area contributed by atoms with Crippen molar-refractivity contribution in [2.45, 2.75) is 39.0 Å². The van der Waals surface area contributed by atoms with Gasteiger partial charge < -0.3 is 10.2 Å². The Hall–Kier alpha value is -1.51. The highest BCUT2D eigenvalue weighted by Crippen LogP contribution is 2.40. The van der Waals surface area contributed by atoms with Crippen molar-refractivity contribution < 1.29 is 14.6 Å². The van der Waals surface area contributed by atoms with Gasteiger partial charge in [-0.1, -0.05) is 11.6 Å². The Labute approximate surface area is 100 Å². The molecule has 1 unspecified atom stereocenters. The molecule has 1 atom stereocenters. The summed E-state index contributed by atoms with van der Waals surface area (Å²) < 4.78 is 13.6. The smallest absolute Gasteiger partial charge is 0.168 e. The lowest BCUT2D eigenvalue weighted by Crippen LogP contribution is -2.05. The van der Waals surface area contributed by atoms with Crippen LogP contribution in [0.1, 0.15) is 43.2 Å². The summed E-state index contributed by atoms with van der Waals surface area (Å²) >= 11 is 0. The van der Waals surface area contributed by atoms with Crippen molar-refractivity contribution in [2.75, 3.05) is 0 Å². The van der Waals surface area contributed by atoms with Crippen molar-refractivity contribution in [3.8, 4) is 11.5 Å². The summed E-state index contributed by atoms with van der Waals surface area (Å²) in [6.45, 7) is 3.65. The first kappa shape index (κ1) is 12.0. The molecule has 1 aliphatic carbocycles. The number of phenols is 2. The van der Waals surface area contributed by atoms with Crippen LogP contribution in [-0.2, 0) is 0 Å². The molecule has 0 saturated heterocycles. The van der Waals surface area contributed by atoms with Gasteiger partial charge in [0.05, 0.1) is 0 Å². The summed E-state index contributed by atoms with van der Waals surface area (Å²) in [5.41, 5.74) is 2.23. The van der Waals surface area contributed by atoms with Crippen LogP contribution in [0.25, 0.3) is 0 Å². The van der Waals surface area contributed by atoms with E-state index in [1.807, 2.05) is 0 Å². The maximum atomic E-state index is 13.6. The first-order valence-electron chi connectivity index (χ1n) is 5.89. The summed E-state index contributed by atoms with van der Waals surface area (Å²) in [4.78, 5) is 0. The zero-order valence-electron chi connectivity index (χ0n) is 10.1. The van der Waals surface area contributed by atoms with Gasteiger partial charge in [0.25, 0.3) is 0 Å². The molecular weight excluding hydrogens is 219 g/mol. The van der Waals surface area contributed by atoms with E-state index in [-0.39, 0.29) is 11.7 Å². The lowest BCUT2D eigenvalue weighted by molar-refractivity contribution is 0.410. The lowest BCUT2D eigenvalue weighted by Gasteiger charge is -2.22. The normalized spacial score (nSPS) is 20.2. The number of halogens is 1. The van der Waals surface area contributed by atoms with Crippen LogP contribution >= 0.6 is 0 Å². The van der Waals surface area contributed by atoms with E-state index in [4.69, 9.17) is 0 Å². The maximum Gasteiger partial charge on any atom is 0.168 e. The fraction of sp³-hybridized carbons (Fsp3) is 0.429. The molecule has 2 N–H and O–H groups in total. The molecule has 0 amide bonds. The number of hydrogen-bond donors (Lipinski definition) is 2. The predicted molar refractivity (Wildman–Crippen MR) is 64.8 cm³/mol. The molecular formula is C14H17FO2. The van der Waals surface area contributed by atoms with E-state index in [1.54, 1.807) is 6.92 Å². The number of benzene rings is 1. The number of rotatable bonds is 1. The van der Waals surface area contributed by atoms with Gasteiger partial charge in [-0.25, -0.2) is 4.39 Å². The zero-order chi connectivity index (χ0) is 12.6. The maximum absolute atomic E-state index is 13.6. The van der Waals surface area contributed by atoms with E-state index in [0.717, 1.165) is 25.3 Å². The molecule has 1 aromatic rings. The van der Waals surface area contributed by atoms with E-state index < -0.39 is 11.6 Å². The van der Waals surface area contributed by atoms with E-state index in [2.05, 4.69) is 13.0 Å². The molecule has 0 radical (unpaired) electrons. The molecule has 3 heteroatoms. The average molecular weight is 236 g/mol. The SMILES string of the molecule is CC1=CC(c2c(O)cc(O)c(F)c2C)CCC1. The molecule has 1 aromatic carbocycles. The van der Waals surface area contributed by atoms with E-state index >= 15 is 0 Å². The highest BCUT2D eigenvalue weighted by molar-refractivity contribution is 5.49. The van der Waals surface area contributed by atoms with E-state index in [9.17, 15) is 14.6 Å². The van der Waals surface area contributed by atoms with Crippen molar-refractivity contribution in [1.29, 1.82) is 0 Å². The highest BCUT2D eigenvalue weighted by atomic mass is 19.1. The second-order valence-corrected chi connectivity index (χ2v) is 4.78. The van der Waals surface area contributed by atoms with Crippen LogP contribution in [-0.4, -0.2) is 10.2 Å². The highest BCUT2D eigenvalue weighted by Gasteiger charge is 2.22. The second-order valence-electron chi connectivity index (χ2n) is 4.78. The van der Waals surface area contributed by atoms with Gasteiger partial charge in [0.1, 0.15) is 5.75 Å². The predicted octanol–water partition coefficient (Wildman–Crippen LogP) is 3.76. The Kier molecular flexibility index (Phi) is 3.09. The Bertz CT molecular complexity index is 478. The summed E-state index contributed by atoms with van der Waals surface area (Å²) in [5.74, 6) is -1.08.